The van der Waals surface area contributed by atoms with Gasteiger partial charge in [0.25, 0.3) is 5.91 Å². The third-order valence-corrected chi connectivity index (χ3v) is 3.80. The molecule has 25 heavy (non-hydrogen) atoms. The van der Waals surface area contributed by atoms with E-state index >= 15 is 0 Å². The molecule has 8 heteroatoms. The number of carbonyl (C=O) groups is 2. The fourth-order valence-electron chi connectivity index (χ4n) is 1.93. The molecule has 6 nitrogen and oxygen atoms in total. The van der Waals surface area contributed by atoms with Gasteiger partial charge in [0.1, 0.15) is 6.04 Å². The lowest BCUT2D eigenvalue weighted by Crippen LogP contribution is -2.43. The van der Waals surface area contributed by atoms with Crippen molar-refractivity contribution in [1.82, 2.24) is 5.32 Å². The van der Waals surface area contributed by atoms with Crippen LogP contribution in [0.4, 0.5) is 10.5 Å². The summed E-state index contributed by atoms with van der Waals surface area (Å²) in [6, 6.07) is 5.79. The molecule has 0 heterocycles. The predicted molar refractivity (Wildman–Crippen MR) is 97.6 cm³/mol. The van der Waals surface area contributed by atoms with Crippen molar-refractivity contribution in [3.8, 4) is 6.07 Å². The summed E-state index contributed by atoms with van der Waals surface area (Å²) in [5.41, 5.74) is 0.126. The van der Waals surface area contributed by atoms with Crippen LogP contribution in [0.25, 0.3) is 0 Å². The minimum atomic E-state index is -1.03. The molecule has 2 amide bonds. The monoisotopic (exact) mass is 385 g/mol. The normalized spacial score (nSPS) is 13.3. The highest BCUT2D eigenvalue weighted by molar-refractivity contribution is 6.42. The van der Waals surface area contributed by atoms with E-state index in [9.17, 15) is 9.59 Å². The summed E-state index contributed by atoms with van der Waals surface area (Å²) in [5.74, 6) is -0.520. The molecular formula is C17H21Cl2N3O3. The van der Waals surface area contributed by atoms with Crippen molar-refractivity contribution in [2.75, 3.05) is 5.32 Å². The van der Waals surface area contributed by atoms with Crippen molar-refractivity contribution >= 4 is 40.9 Å². The van der Waals surface area contributed by atoms with E-state index in [0.717, 1.165) is 0 Å². The first kappa shape index (κ1) is 21.1. The van der Waals surface area contributed by atoms with Crippen LogP contribution in [0.15, 0.2) is 18.2 Å². The number of nitrogens with zero attached hydrogens (tertiary/aromatic N) is 1. The van der Waals surface area contributed by atoms with Crippen molar-refractivity contribution in [2.24, 2.45) is 5.41 Å². The number of benzene rings is 1. The molecule has 0 aromatic heterocycles. The lowest BCUT2D eigenvalue weighted by molar-refractivity contribution is -0.131. The molecular weight excluding hydrogens is 365 g/mol. The summed E-state index contributed by atoms with van der Waals surface area (Å²) in [4.78, 5) is 24.4. The lowest BCUT2D eigenvalue weighted by atomic mass is 9.89. The van der Waals surface area contributed by atoms with Crippen molar-refractivity contribution in [3.05, 3.63) is 28.2 Å². The molecule has 0 aliphatic rings. The molecule has 2 atom stereocenters. The molecule has 0 saturated carbocycles. The van der Waals surface area contributed by atoms with Gasteiger partial charge in [0.15, 0.2) is 6.10 Å². The van der Waals surface area contributed by atoms with Crippen LogP contribution in [0.1, 0.15) is 34.1 Å². The molecule has 0 fully saturated rings. The molecule has 1 aromatic carbocycles. The first-order valence-corrected chi connectivity index (χ1v) is 8.40. The Hall–Kier alpha value is -1.97. The number of anilines is 1. The van der Waals surface area contributed by atoms with Gasteiger partial charge in [-0.15, -0.1) is 0 Å². The molecule has 0 saturated heterocycles. The molecule has 0 spiro atoms. The fourth-order valence-corrected chi connectivity index (χ4v) is 2.23. The van der Waals surface area contributed by atoms with Gasteiger partial charge in [0.2, 0.25) is 0 Å². The zero-order chi connectivity index (χ0) is 19.2. The second-order valence-electron chi connectivity index (χ2n) is 6.77. The standard InChI is InChI=1S/C17H21Cl2N3O3/c1-10(9-20)21-15(23)14(8-17(2,3)4)25-16(24)22-11-5-6-12(18)13(19)7-11/h5-7,10,14H,8H2,1-4H3,(H,21,23)(H,22,24)/t10-,14-/m0/s1. The van der Waals surface area contributed by atoms with Crippen molar-refractivity contribution in [3.63, 3.8) is 0 Å². The molecule has 136 valence electrons. The second-order valence-corrected chi connectivity index (χ2v) is 7.59. The van der Waals surface area contributed by atoms with Crippen LogP contribution in [0, 0.1) is 16.7 Å². The van der Waals surface area contributed by atoms with Gasteiger partial charge in [0, 0.05) is 5.69 Å². The van der Waals surface area contributed by atoms with Crippen molar-refractivity contribution in [1.29, 1.82) is 5.26 Å². The summed E-state index contributed by atoms with van der Waals surface area (Å²) < 4.78 is 5.26. The maximum atomic E-state index is 12.3. The molecule has 2 N–H and O–H groups in total. The minimum absolute atomic E-state index is 0.262. The van der Waals surface area contributed by atoms with Crippen LogP contribution in [0.3, 0.4) is 0 Å². The maximum absolute atomic E-state index is 12.3. The van der Waals surface area contributed by atoms with Gasteiger partial charge in [-0.2, -0.15) is 5.26 Å². The molecule has 0 aliphatic carbocycles. The van der Waals surface area contributed by atoms with Gasteiger partial charge in [0.05, 0.1) is 16.1 Å². The number of amides is 2. The third-order valence-electron chi connectivity index (χ3n) is 3.06. The van der Waals surface area contributed by atoms with Crippen molar-refractivity contribution in [2.45, 2.75) is 46.3 Å². The van der Waals surface area contributed by atoms with Gasteiger partial charge in [-0.25, -0.2) is 4.79 Å². The number of hydrogen-bond donors (Lipinski definition) is 2. The molecule has 0 radical (unpaired) electrons. The Bertz CT molecular complexity index is 681. The van der Waals surface area contributed by atoms with Gasteiger partial charge < -0.3 is 10.1 Å². The van der Waals surface area contributed by atoms with Crippen LogP contribution in [-0.4, -0.2) is 24.1 Å². The smallest absolute Gasteiger partial charge is 0.412 e. The predicted octanol–water partition coefficient (Wildman–Crippen LogP) is 4.37. The van der Waals surface area contributed by atoms with E-state index in [1.165, 1.54) is 12.1 Å². The van der Waals surface area contributed by atoms with E-state index in [1.54, 1.807) is 13.0 Å². The topological polar surface area (TPSA) is 91.2 Å². The number of carbonyl (C=O) groups excluding carboxylic acids is 2. The molecule has 0 aliphatic heterocycles. The van der Waals surface area contributed by atoms with Crippen LogP contribution in [-0.2, 0) is 9.53 Å². The minimum Gasteiger partial charge on any atom is -0.436 e. The number of ether oxygens (including phenoxy) is 1. The summed E-state index contributed by atoms with van der Waals surface area (Å²) in [7, 11) is 0. The summed E-state index contributed by atoms with van der Waals surface area (Å²) in [5, 5.41) is 14.4. The summed E-state index contributed by atoms with van der Waals surface area (Å²) in [6.45, 7) is 7.30. The maximum Gasteiger partial charge on any atom is 0.412 e. The van der Waals surface area contributed by atoms with E-state index in [4.69, 9.17) is 33.2 Å². The Morgan fingerprint density at radius 2 is 1.92 bits per heavy atom. The Morgan fingerprint density at radius 3 is 2.44 bits per heavy atom. The van der Waals surface area contributed by atoms with Crippen molar-refractivity contribution < 1.29 is 14.3 Å². The molecule has 0 bridgehead atoms. The van der Waals surface area contributed by atoms with Crippen LogP contribution in [0.5, 0.6) is 0 Å². The zero-order valence-electron chi connectivity index (χ0n) is 14.5. The van der Waals surface area contributed by atoms with Gasteiger partial charge >= 0.3 is 6.09 Å². The Balaban J connectivity index is 2.81. The number of hydrogen-bond acceptors (Lipinski definition) is 4. The van der Waals surface area contributed by atoms with Crippen LogP contribution < -0.4 is 10.6 Å². The fraction of sp³-hybridized carbons (Fsp3) is 0.471. The van der Waals surface area contributed by atoms with Gasteiger partial charge in [-0.3, -0.25) is 10.1 Å². The highest BCUT2D eigenvalue weighted by atomic mass is 35.5. The summed E-state index contributed by atoms with van der Waals surface area (Å²) in [6.07, 6.45) is -1.53. The summed E-state index contributed by atoms with van der Waals surface area (Å²) >= 11 is 11.7. The highest BCUT2D eigenvalue weighted by Gasteiger charge is 2.29. The van der Waals surface area contributed by atoms with E-state index in [2.05, 4.69) is 10.6 Å². The average Bonchev–Trinajstić information content (AvgIpc) is 2.48. The number of halogens is 2. The van der Waals surface area contributed by atoms with E-state index in [1.807, 2.05) is 26.8 Å². The van der Waals surface area contributed by atoms with Crippen LogP contribution >= 0.6 is 23.2 Å². The Morgan fingerprint density at radius 1 is 1.28 bits per heavy atom. The van der Waals surface area contributed by atoms with E-state index < -0.39 is 24.1 Å². The third kappa shape index (κ3) is 7.63. The zero-order valence-corrected chi connectivity index (χ0v) is 16.0. The van der Waals surface area contributed by atoms with E-state index in [-0.39, 0.29) is 10.4 Å². The molecule has 1 aromatic rings. The number of nitriles is 1. The molecule has 0 unspecified atom stereocenters. The second kappa shape index (κ2) is 8.93. The van der Waals surface area contributed by atoms with Gasteiger partial charge in [-0.1, -0.05) is 44.0 Å². The Kier molecular flexibility index (Phi) is 7.53. The number of rotatable bonds is 5. The van der Waals surface area contributed by atoms with Gasteiger partial charge in [-0.05, 0) is 37.0 Å². The first-order valence-electron chi connectivity index (χ1n) is 7.64. The largest absolute Gasteiger partial charge is 0.436 e. The average molecular weight is 386 g/mol. The lowest BCUT2D eigenvalue weighted by Gasteiger charge is -2.25. The van der Waals surface area contributed by atoms with Crippen LogP contribution in [0.2, 0.25) is 10.0 Å². The highest BCUT2D eigenvalue weighted by Crippen LogP contribution is 2.26. The SMILES string of the molecule is C[C@@H](C#N)NC(=O)[C@H](CC(C)(C)C)OC(=O)Nc1ccc(Cl)c(Cl)c1. The quantitative estimate of drug-likeness (QED) is 0.786. The number of nitrogens with one attached hydrogen (secondary N) is 2. The Labute approximate surface area is 157 Å². The first-order chi connectivity index (χ1) is 11.5. The molecule has 1 rings (SSSR count). The van der Waals surface area contributed by atoms with E-state index in [0.29, 0.717) is 17.1 Å².